The van der Waals surface area contributed by atoms with Gasteiger partial charge in [0.25, 0.3) is 0 Å². The van der Waals surface area contributed by atoms with Gasteiger partial charge in [-0.3, -0.25) is 0 Å². The van der Waals surface area contributed by atoms with Gasteiger partial charge in [0.15, 0.2) is 11.9 Å². The number of carbonyl (C=O) groups is 2. The summed E-state index contributed by atoms with van der Waals surface area (Å²) in [7, 11) is 1.19. The number of fused-ring (bicyclic) bond motifs is 4. The Morgan fingerprint density at radius 2 is 1.85 bits per heavy atom. The van der Waals surface area contributed by atoms with Crippen LogP contribution >= 0.6 is 0 Å². The Bertz CT molecular complexity index is 1160. The van der Waals surface area contributed by atoms with Crippen molar-refractivity contribution in [2.45, 2.75) is 99.8 Å². The van der Waals surface area contributed by atoms with Crippen molar-refractivity contribution in [1.29, 1.82) is 0 Å². The fraction of sp³-hybridized carbons (Fsp3) is 0.778. The fourth-order valence-electron chi connectivity index (χ4n) is 8.14. The minimum absolute atomic E-state index is 0.0540. The fourth-order valence-corrected chi connectivity index (χ4v) is 8.14. The molecule has 40 heavy (non-hydrogen) atoms. The number of esters is 2. The van der Waals surface area contributed by atoms with Gasteiger partial charge in [-0.15, -0.1) is 0 Å². The molecule has 5 N–H and O–H groups in total. The van der Waals surface area contributed by atoms with E-state index in [1.54, 1.807) is 13.0 Å². The minimum atomic E-state index is -1.89. The van der Waals surface area contributed by atoms with Crippen molar-refractivity contribution in [3.63, 3.8) is 0 Å². The van der Waals surface area contributed by atoms with Crippen molar-refractivity contribution in [2.24, 2.45) is 16.7 Å². The van der Waals surface area contributed by atoms with Crippen molar-refractivity contribution in [3.05, 3.63) is 24.2 Å². The Hall–Kier alpha value is -2.10. The molecule has 13 nitrogen and oxygen atoms in total. The Morgan fingerprint density at radius 3 is 2.50 bits per heavy atom. The molecule has 5 aliphatic rings. The smallest absolute Gasteiger partial charge is 0.341 e. The summed E-state index contributed by atoms with van der Waals surface area (Å²) in [6.45, 7) is 2.94. The van der Waals surface area contributed by atoms with E-state index in [4.69, 9.17) is 28.1 Å². The Balaban J connectivity index is 1.44. The maximum absolute atomic E-state index is 13.8. The van der Waals surface area contributed by atoms with Crippen molar-refractivity contribution in [1.82, 2.24) is 0 Å². The van der Waals surface area contributed by atoms with Gasteiger partial charge in [0.05, 0.1) is 32.3 Å². The number of furan rings is 1. The average molecular weight is 569 g/mol. The van der Waals surface area contributed by atoms with Gasteiger partial charge in [-0.1, -0.05) is 13.8 Å². The summed E-state index contributed by atoms with van der Waals surface area (Å²) in [4.78, 5) is 27.2. The number of epoxide rings is 1. The molecular formula is C27H36O13. The topological polar surface area (TPSA) is 198 Å². The summed E-state index contributed by atoms with van der Waals surface area (Å²) in [5.74, 6) is -2.11. The molecule has 6 rings (SSSR count). The normalized spacial score (nSPS) is 51.6. The number of methoxy groups -OCH3 is 1. The van der Waals surface area contributed by atoms with Crippen molar-refractivity contribution in [3.8, 4) is 0 Å². The maximum atomic E-state index is 13.8. The van der Waals surface area contributed by atoms with E-state index in [1.165, 1.54) is 19.6 Å². The molecule has 2 aliphatic carbocycles. The molecule has 222 valence electrons. The quantitative estimate of drug-likeness (QED) is 0.221. The van der Waals surface area contributed by atoms with Crippen LogP contribution in [-0.2, 0) is 33.3 Å². The van der Waals surface area contributed by atoms with Crippen LogP contribution in [0.15, 0.2) is 23.0 Å². The van der Waals surface area contributed by atoms with Gasteiger partial charge < -0.3 is 53.6 Å². The summed E-state index contributed by atoms with van der Waals surface area (Å²) >= 11 is 0. The zero-order valence-corrected chi connectivity index (χ0v) is 22.5. The van der Waals surface area contributed by atoms with Crippen LogP contribution in [0.25, 0.3) is 0 Å². The first-order valence-electron chi connectivity index (χ1n) is 13.6. The monoisotopic (exact) mass is 568 g/mol. The van der Waals surface area contributed by atoms with Crippen LogP contribution in [0.3, 0.4) is 0 Å². The van der Waals surface area contributed by atoms with Crippen molar-refractivity contribution >= 4 is 11.9 Å². The second-order valence-corrected chi connectivity index (χ2v) is 12.3. The molecule has 0 spiro atoms. The average Bonchev–Trinajstić information content (AvgIpc) is 3.50. The number of hydrogen-bond acceptors (Lipinski definition) is 13. The number of ether oxygens (including phenoxy) is 5. The maximum Gasteiger partial charge on any atom is 0.341 e. The SMILES string of the molecule is COC(=O)[C@@]1(O[C@H]2O[C@@H](CO)[C@H](O)[C@@H](O)[C@@H]2O)[C@H]2O[C@H]2C[C@H]2[C@]3(C)C[C@@H](c4ccoc4)OC(=O)[C@@]3(O)CC[C@]21C. The van der Waals surface area contributed by atoms with Crippen LogP contribution in [0.1, 0.15) is 51.2 Å². The Kier molecular flexibility index (Phi) is 6.45. The first-order chi connectivity index (χ1) is 18.9. The molecule has 13 heteroatoms. The highest BCUT2D eigenvalue weighted by Crippen LogP contribution is 2.71. The molecule has 0 radical (unpaired) electrons. The summed E-state index contributed by atoms with van der Waals surface area (Å²) in [6, 6.07) is 1.69. The molecule has 0 unspecified atom stereocenters. The van der Waals surface area contributed by atoms with E-state index < -0.39 is 95.5 Å². The summed E-state index contributed by atoms with van der Waals surface area (Å²) in [5, 5.41) is 53.1. The lowest BCUT2D eigenvalue weighted by molar-refractivity contribution is -0.354. The van der Waals surface area contributed by atoms with Gasteiger partial charge in [-0.2, -0.15) is 0 Å². The minimum Gasteiger partial charge on any atom is -0.472 e. The first kappa shape index (κ1) is 28.0. The van der Waals surface area contributed by atoms with Crippen LogP contribution in [0.5, 0.6) is 0 Å². The number of cyclic esters (lactones) is 1. The van der Waals surface area contributed by atoms with E-state index in [2.05, 4.69) is 0 Å². The van der Waals surface area contributed by atoms with E-state index in [9.17, 15) is 35.1 Å². The molecule has 1 aromatic rings. The molecule has 0 aromatic carbocycles. The van der Waals surface area contributed by atoms with Gasteiger partial charge >= 0.3 is 11.9 Å². The van der Waals surface area contributed by atoms with E-state index in [-0.39, 0.29) is 19.3 Å². The molecule has 2 saturated carbocycles. The molecule has 1 aromatic heterocycles. The zero-order chi connectivity index (χ0) is 28.8. The lowest BCUT2D eigenvalue weighted by Gasteiger charge is -2.65. The van der Waals surface area contributed by atoms with E-state index in [0.29, 0.717) is 12.0 Å². The summed E-state index contributed by atoms with van der Waals surface area (Å²) < 4.78 is 34.2. The highest BCUT2D eigenvalue weighted by Gasteiger charge is 2.81. The number of hydrogen-bond donors (Lipinski definition) is 5. The molecule has 13 atom stereocenters. The highest BCUT2D eigenvalue weighted by molar-refractivity contribution is 5.85. The third-order valence-electron chi connectivity index (χ3n) is 10.5. The number of aliphatic hydroxyl groups excluding tert-OH is 4. The Morgan fingerprint density at radius 1 is 1.10 bits per heavy atom. The second kappa shape index (κ2) is 9.20. The number of carbonyl (C=O) groups excluding carboxylic acids is 2. The van der Waals surface area contributed by atoms with E-state index in [1.807, 2.05) is 6.92 Å². The molecule has 5 fully saturated rings. The lowest BCUT2D eigenvalue weighted by atomic mass is 9.41. The molecule has 0 bridgehead atoms. The predicted molar refractivity (Wildman–Crippen MR) is 129 cm³/mol. The van der Waals surface area contributed by atoms with Crippen LogP contribution < -0.4 is 0 Å². The van der Waals surface area contributed by atoms with Crippen LogP contribution in [-0.4, -0.2) is 105 Å². The third kappa shape index (κ3) is 3.49. The molecule has 3 saturated heterocycles. The molecule has 0 amide bonds. The van der Waals surface area contributed by atoms with Gasteiger partial charge in [-0.05, 0) is 37.7 Å². The summed E-state index contributed by atoms with van der Waals surface area (Å²) in [5.41, 5.74) is -5.36. The van der Waals surface area contributed by atoms with Crippen LogP contribution in [0.2, 0.25) is 0 Å². The molecule has 4 heterocycles. The Labute approximate surface area is 229 Å². The predicted octanol–water partition coefficient (Wildman–Crippen LogP) is -0.679. The van der Waals surface area contributed by atoms with Gasteiger partial charge in [0.2, 0.25) is 5.60 Å². The van der Waals surface area contributed by atoms with Crippen molar-refractivity contribution < 1.29 is 63.2 Å². The lowest BCUT2D eigenvalue weighted by Crippen LogP contribution is -2.75. The largest absolute Gasteiger partial charge is 0.472 e. The third-order valence-corrected chi connectivity index (χ3v) is 10.5. The van der Waals surface area contributed by atoms with Crippen LogP contribution in [0.4, 0.5) is 0 Å². The van der Waals surface area contributed by atoms with Gasteiger partial charge in [-0.25, -0.2) is 9.59 Å². The zero-order valence-electron chi connectivity index (χ0n) is 22.5. The summed E-state index contributed by atoms with van der Waals surface area (Å²) in [6.07, 6.45) is -6.37. The van der Waals surface area contributed by atoms with Gasteiger partial charge in [0, 0.05) is 16.4 Å². The molecular weight excluding hydrogens is 532 g/mol. The van der Waals surface area contributed by atoms with Gasteiger partial charge in [0.1, 0.15) is 36.6 Å². The second-order valence-electron chi connectivity index (χ2n) is 12.3. The number of rotatable bonds is 5. The first-order valence-corrected chi connectivity index (χ1v) is 13.6. The number of aliphatic hydroxyl groups is 5. The molecule has 3 aliphatic heterocycles. The highest BCUT2D eigenvalue weighted by atomic mass is 16.7. The van der Waals surface area contributed by atoms with Crippen molar-refractivity contribution in [2.75, 3.05) is 13.7 Å². The standard InChI is InChI=1S/C27H36O13/c1-24-5-6-26(34)22(32)39-14(12-4-7-36-11-12)9-25(26,2)16(24)8-13-20(37-13)27(24,23(33)35-3)40-21-19(31)18(30)17(29)15(10-28)38-21/h4,7,11,13-21,28-31,34H,5-6,8-10H2,1-3H3/t13-,14-,15-,16+,17-,18+,19-,20-,21+,24+,25-,26-,27-/m0/s1. The van der Waals surface area contributed by atoms with E-state index in [0.717, 1.165) is 0 Å². The van der Waals surface area contributed by atoms with E-state index >= 15 is 0 Å². The van der Waals surface area contributed by atoms with Crippen LogP contribution in [0, 0.1) is 16.7 Å².